The van der Waals surface area contributed by atoms with Gasteiger partial charge in [0.05, 0.1) is 11.7 Å². The van der Waals surface area contributed by atoms with E-state index in [0.717, 1.165) is 36.8 Å². The number of hydrogen-bond donors (Lipinski definition) is 3. The number of benzene rings is 1. The van der Waals surface area contributed by atoms with Gasteiger partial charge in [-0.05, 0) is 56.4 Å². The molecule has 3 N–H and O–H groups in total. The van der Waals surface area contributed by atoms with E-state index >= 15 is 0 Å². The number of likely N-dealkylation sites (tertiary alicyclic amines) is 1. The molecule has 26 heavy (non-hydrogen) atoms. The Balaban J connectivity index is 1.62. The van der Waals surface area contributed by atoms with Crippen molar-refractivity contribution < 1.29 is 20.1 Å². The van der Waals surface area contributed by atoms with E-state index in [1.165, 1.54) is 6.42 Å². The zero-order chi connectivity index (χ0) is 18.8. The van der Waals surface area contributed by atoms with Crippen LogP contribution < -0.4 is 4.74 Å². The summed E-state index contributed by atoms with van der Waals surface area (Å²) in [6.45, 7) is 5.64. The lowest BCUT2D eigenvalue weighted by Gasteiger charge is -2.45. The standard InChI is InChI=1S/C21H33NO4/c1-16-10-17(2)12-18(11-16)26-15-21(25)14-22(9-6-19(21)23)13-20(24)7-4-3-5-8-20/h10-12,19,23-25H,3-9,13-15H2,1-2H3/t19-,21-/m0/s1. The Morgan fingerprint density at radius 3 is 2.38 bits per heavy atom. The summed E-state index contributed by atoms with van der Waals surface area (Å²) >= 11 is 0. The second-order valence-electron chi connectivity index (χ2n) is 8.52. The van der Waals surface area contributed by atoms with Gasteiger partial charge in [0.1, 0.15) is 18.0 Å². The van der Waals surface area contributed by atoms with Crippen molar-refractivity contribution in [3.05, 3.63) is 29.3 Å². The van der Waals surface area contributed by atoms with Gasteiger partial charge in [-0.2, -0.15) is 0 Å². The molecule has 0 bridgehead atoms. The zero-order valence-electron chi connectivity index (χ0n) is 16.1. The molecule has 0 unspecified atom stereocenters. The van der Waals surface area contributed by atoms with Crippen molar-refractivity contribution in [3.8, 4) is 5.75 Å². The second-order valence-corrected chi connectivity index (χ2v) is 8.52. The summed E-state index contributed by atoms with van der Waals surface area (Å²) in [7, 11) is 0. The molecule has 0 amide bonds. The van der Waals surface area contributed by atoms with Crippen LogP contribution in [-0.2, 0) is 0 Å². The van der Waals surface area contributed by atoms with E-state index in [2.05, 4.69) is 11.0 Å². The smallest absolute Gasteiger partial charge is 0.137 e. The molecule has 0 radical (unpaired) electrons. The van der Waals surface area contributed by atoms with Gasteiger partial charge in [0.25, 0.3) is 0 Å². The number of rotatable bonds is 5. The first-order valence-electron chi connectivity index (χ1n) is 9.84. The average molecular weight is 363 g/mol. The van der Waals surface area contributed by atoms with Gasteiger partial charge in [0, 0.05) is 19.6 Å². The third-order valence-corrected chi connectivity index (χ3v) is 5.82. The number of β-amino-alcohol motifs (C(OH)–C–C–N with tert-alkyl or cyclic N) is 2. The summed E-state index contributed by atoms with van der Waals surface area (Å²) in [5, 5.41) is 32.2. The van der Waals surface area contributed by atoms with Crippen molar-refractivity contribution in [1.29, 1.82) is 0 Å². The molecule has 146 valence electrons. The highest BCUT2D eigenvalue weighted by atomic mass is 16.5. The van der Waals surface area contributed by atoms with Gasteiger partial charge in [-0.25, -0.2) is 0 Å². The van der Waals surface area contributed by atoms with E-state index in [9.17, 15) is 15.3 Å². The first-order valence-corrected chi connectivity index (χ1v) is 9.84. The van der Waals surface area contributed by atoms with E-state index in [-0.39, 0.29) is 6.61 Å². The predicted octanol–water partition coefficient (Wildman–Crippen LogP) is 2.18. The SMILES string of the molecule is Cc1cc(C)cc(OC[C@@]2(O)CN(CC3(O)CCCCC3)CC[C@@H]2O)c1. The summed E-state index contributed by atoms with van der Waals surface area (Å²) in [5.41, 5.74) is 0.242. The molecule has 0 aromatic heterocycles. The number of aliphatic hydroxyl groups is 3. The monoisotopic (exact) mass is 363 g/mol. The van der Waals surface area contributed by atoms with Crippen molar-refractivity contribution in [3.63, 3.8) is 0 Å². The molecular formula is C21H33NO4. The fourth-order valence-electron chi connectivity index (χ4n) is 4.43. The van der Waals surface area contributed by atoms with Gasteiger partial charge in [0.15, 0.2) is 0 Å². The van der Waals surface area contributed by atoms with E-state index in [1.54, 1.807) is 0 Å². The summed E-state index contributed by atoms with van der Waals surface area (Å²) in [5.74, 6) is 0.714. The largest absolute Gasteiger partial charge is 0.490 e. The quantitative estimate of drug-likeness (QED) is 0.748. The highest BCUT2D eigenvalue weighted by Gasteiger charge is 2.44. The Labute approximate surface area is 156 Å². The molecule has 2 atom stereocenters. The van der Waals surface area contributed by atoms with Gasteiger partial charge in [-0.1, -0.05) is 25.3 Å². The summed E-state index contributed by atoms with van der Waals surface area (Å²) in [4.78, 5) is 2.09. The van der Waals surface area contributed by atoms with Gasteiger partial charge in [0.2, 0.25) is 0 Å². The van der Waals surface area contributed by atoms with Crippen LogP contribution in [0.5, 0.6) is 5.75 Å². The summed E-state index contributed by atoms with van der Waals surface area (Å²) < 4.78 is 5.84. The third-order valence-electron chi connectivity index (χ3n) is 5.82. The third kappa shape index (κ3) is 4.77. The number of piperidine rings is 1. The Bertz CT molecular complexity index is 594. The van der Waals surface area contributed by atoms with Crippen molar-refractivity contribution in [1.82, 2.24) is 4.90 Å². The minimum atomic E-state index is -1.32. The van der Waals surface area contributed by atoms with Crippen molar-refractivity contribution in [2.24, 2.45) is 0 Å². The molecule has 0 spiro atoms. The minimum Gasteiger partial charge on any atom is -0.490 e. The molecule has 2 aliphatic rings. The van der Waals surface area contributed by atoms with Crippen LogP contribution in [0.1, 0.15) is 49.7 Å². The van der Waals surface area contributed by atoms with Crippen molar-refractivity contribution in [2.45, 2.75) is 69.7 Å². The molecular weight excluding hydrogens is 330 g/mol. The maximum absolute atomic E-state index is 11.0. The molecule has 5 nitrogen and oxygen atoms in total. The van der Waals surface area contributed by atoms with Gasteiger partial charge in [-0.15, -0.1) is 0 Å². The zero-order valence-corrected chi connectivity index (χ0v) is 16.1. The predicted molar refractivity (Wildman–Crippen MR) is 101 cm³/mol. The van der Waals surface area contributed by atoms with Gasteiger partial charge in [-0.3, -0.25) is 4.90 Å². The summed E-state index contributed by atoms with van der Waals surface area (Å²) in [6, 6.07) is 5.95. The molecule has 1 saturated carbocycles. The van der Waals surface area contributed by atoms with Crippen LogP contribution in [-0.4, -0.2) is 63.8 Å². The Kier molecular flexibility index (Phi) is 5.92. The molecule has 1 aromatic carbocycles. The van der Waals surface area contributed by atoms with Crippen LogP contribution in [0.15, 0.2) is 18.2 Å². The van der Waals surface area contributed by atoms with E-state index in [1.807, 2.05) is 26.0 Å². The number of aryl methyl sites for hydroxylation is 2. The minimum absolute atomic E-state index is 0.0476. The molecule has 1 saturated heterocycles. The van der Waals surface area contributed by atoms with Crippen LogP contribution in [0.25, 0.3) is 0 Å². The first kappa shape index (κ1) is 19.6. The lowest BCUT2D eigenvalue weighted by Crippen LogP contribution is -2.62. The van der Waals surface area contributed by atoms with Gasteiger partial charge >= 0.3 is 0 Å². The van der Waals surface area contributed by atoms with Gasteiger partial charge < -0.3 is 20.1 Å². The average Bonchev–Trinajstić information content (AvgIpc) is 2.56. The maximum Gasteiger partial charge on any atom is 0.137 e. The molecule has 3 rings (SSSR count). The molecule has 1 aliphatic carbocycles. The normalized spacial score (nSPS) is 29.5. The highest BCUT2D eigenvalue weighted by Crippen LogP contribution is 2.31. The van der Waals surface area contributed by atoms with Crippen molar-refractivity contribution in [2.75, 3.05) is 26.2 Å². The molecule has 5 heteroatoms. The molecule has 2 fully saturated rings. The molecule has 1 aromatic rings. The summed E-state index contributed by atoms with van der Waals surface area (Å²) in [6.07, 6.45) is 4.63. The Morgan fingerprint density at radius 2 is 1.73 bits per heavy atom. The van der Waals surface area contributed by atoms with E-state index in [0.29, 0.717) is 31.8 Å². The highest BCUT2D eigenvalue weighted by molar-refractivity contribution is 5.33. The number of nitrogens with zero attached hydrogens (tertiary/aromatic N) is 1. The lowest BCUT2D eigenvalue weighted by molar-refractivity contribution is -0.149. The molecule has 1 heterocycles. The van der Waals surface area contributed by atoms with Crippen LogP contribution in [0, 0.1) is 13.8 Å². The van der Waals surface area contributed by atoms with Crippen molar-refractivity contribution >= 4 is 0 Å². The lowest BCUT2D eigenvalue weighted by atomic mass is 9.83. The van der Waals surface area contributed by atoms with Crippen LogP contribution in [0.4, 0.5) is 0 Å². The van der Waals surface area contributed by atoms with Crippen LogP contribution in [0.3, 0.4) is 0 Å². The fourth-order valence-corrected chi connectivity index (χ4v) is 4.43. The van der Waals surface area contributed by atoms with Crippen LogP contribution in [0.2, 0.25) is 0 Å². The molecule has 1 aliphatic heterocycles. The number of aliphatic hydroxyl groups excluding tert-OH is 1. The number of ether oxygens (including phenoxy) is 1. The second kappa shape index (κ2) is 7.85. The topological polar surface area (TPSA) is 73.2 Å². The number of hydrogen-bond acceptors (Lipinski definition) is 5. The maximum atomic E-state index is 11.0. The first-order chi connectivity index (χ1) is 12.3. The Hall–Kier alpha value is -1.14. The van der Waals surface area contributed by atoms with E-state index < -0.39 is 17.3 Å². The van der Waals surface area contributed by atoms with E-state index in [4.69, 9.17) is 4.74 Å². The van der Waals surface area contributed by atoms with Crippen LogP contribution >= 0.6 is 0 Å². The Morgan fingerprint density at radius 1 is 1.08 bits per heavy atom. The fraction of sp³-hybridized carbons (Fsp3) is 0.714.